The first-order valence-corrected chi connectivity index (χ1v) is 8.87. The van der Waals surface area contributed by atoms with Gasteiger partial charge in [-0.05, 0) is 48.4 Å². The number of hydrogen-bond acceptors (Lipinski definition) is 3. The highest BCUT2D eigenvalue weighted by Gasteiger charge is 2.09. The summed E-state index contributed by atoms with van der Waals surface area (Å²) in [5.41, 5.74) is 3.13. The normalized spacial score (nSPS) is 10.3. The second-order valence-electron chi connectivity index (χ2n) is 6.11. The molecule has 1 amide bonds. The van der Waals surface area contributed by atoms with Gasteiger partial charge in [0.2, 0.25) is 0 Å². The van der Waals surface area contributed by atoms with E-state index in [-0.39, 0.29) is 18.3 Å². The fourth-order valence-corrected chi connectivity index (χ4v) is 2.67. The first-order chi connectivity index (χ1) is 13.2. The molecule has 0 spiro atoms. The van der Waals surface area contributed by atoms with Crippen LogP contribution in [-0.2, 0) is 11.2 Å². The van der Waals surface area contributed by atoms with E-state index in [0.29, 0.717) is 16.9 Å². The Bertz CT molecular complexity index is 918. The zero-order chi connectivity index (χ0) is 19.1. The summed E-state index contributed by atoms with van der Waals surface area (Å²) >= 11 is 0. The molecule has 0 atom stereocenters. The van der Waals surface area contributed by atoms with Gasteiger partial charge in [0.15, 0.2) is 12.4 Å². The second kappa shape index (κ2) is 8.81. The lowest BCUT2D eigenvalue weighted by Crippen LogP contribution is -2.20. The van der Waals surface area contributed by atoms with Gasteiger partial charge in [-0.15, -0.1) is 0 Å². The molecule has 0 saturated carbocycles. The maximum absolute atomic E-state index is 12.4. The molecule has 0 fully saturated rings. The largest absolute Gasteiger partial charge is 0.484 e. The van der Waals surface area contributed by atoms with E-state index >= 15 is 0 Å². The van der Waals surface area contributed by atoms with E-state index in [1.807, 2.05) is 42.5 Å². The van der Waals surface area contributed by atoms with Crippen molar-refractivity contribution in [1.29, 1.82) is 0 Å². The van der Waals surface area contributed by atoms with Crippen molar-refractivity contribution >= 4 is 17.4 Å². The lowest BCUT2D eigenvalue weighted by atomic mass is 10.0. The lowest BCUT2D eigenvalue weighted by Gasteiger charge is -2.09. The van der Waals surface area contributed by atoms with Gasteiger partial charge in [-0.2, -0.15) is 0 Å². The van der Waals surface area contributed by atoms with Crippen LogP contribution in [-0.4, -0.2) is 18.3 Å². The average molecular weight is 359 g/mol. The number of ketones is 1. The van der Waals surface area contributed by atoms with Gasteiger partial charge in [0, 0.05) is 16.8 Å². The highest BCUT2D eigenvalue weighted by Crippen LogP contribution is 2.16. The standard InChI is InChI=1S/C23H21NO3/c1-2-17-7-6-10-20(15-17)24-22(25)16-27-21-13-11-19(12-14-21)23(26)18-8-4-3-5-9-18/h3-15H,2,16H2,1H3,(H,24,25). The van der Waals surface area contributed by atoms with Crippen molar-refractivity contribution in [3.8, 4) is 5.75 Å². The molecule has 0 bridgehead atoms. The first-order valence-electron chi connectivity index (χ1n) is 8.87. The summed E-state index contributed by atoms with van der Waals surface area (Å²) in [6.07, 6.45) is 0.911. The number of aryl methyl sites for hydroxylation is 1. The number of anilines is 1. The molecule has 4 nitrogen and oxygen atoms in total. The molecule has 0 aliphatic carbocycles. The van der Waals surface area contributed by atoms with Gasteiger partial charge in [0.1, 0.15) is 5.75 Å². The van der Waals surface area contributed by atoms with Crippen LogP contribution in [0.15, 0.2) is 78.9 Å². The van der Waals surface area contributed by atoms with E-state index in [1.165, 1.54) is 0 Å². The molecule has 0 heterocycles. The highest BCUT2D eigenvalue weighted by molar-refractivity contribution is 6.09. The molecule has 0 unspecified atom stereocenters. The van der Waals surface area contributed by atoms with E-state index in [4.69, 9.17) is 4.74 Å². The maximum atomic E-state index is 12.4. The predicted octanol–water partition coefficient (Wildman–Crippen LogP) is 4.50. The summed E-state index contributed by atoms with van der Waals surface area (Å²) < 4.78 is 5.51. The van der Waals surface area contributed by atoms with E-state index in [2.05, 4.69) is 12.2 Å². The summed E-state index contributed by atoms with van der Waals surface area (Å²) in [6, 6.07) is 23.6. The van der Waals surface area contributed by atoms with Crippen molar-refractivity contribution < 1.29 is 14.3 Å². The zero-order valence-electron chi connectivity index (χ0n) is 15.1. The Kier molecular flexibility index (Phi) is 6.00. The molecular formula is C23H21NO3. The first kappa shape index (κ1) is 18.4. The summed E-state index contributed by atoms with van der Waals surface area (Å²) in [5.74, 6) is 0.264. The summed E-state index contributed by atoms with van der Waals surface area (Å²) in [4.78, 5) is 24.4. The average Bonchev–Trinajstić information content (AvgIpc) is 2.73. The fourth-order valence-electron chi connectivity index (χ4n) is 2.67. The molecule has 3 aromatic rings. The molecule has 3 aromatic carbocycles. The van der Waals surface area contributed by atoms with Crippen molar-refractivity contribution in [3.05, 3.63) is 95.6 Å². The molecule has 1 N–H and O–H groups in total. The number of carbonyl (C=O) groups is 2. The Morgan fingerprint density at radius 3 is 2.26 bits per heavy atom. The van der Waals surface area contributed by atoms with Crippen LogP contribution in [0, 0.1) is 0 Å². The quantitative estimate of drug-likeness (QED) is 0.632. The van der Waals surface area contributed by atoms with Crippen molar-refractivity contribution in [2.45, 2.75) is 13.3 Å². The van der Waals surface area contributed by atoms with E-state index in [1.54, 1.807) is 36.4 Å². The van der Waals surface area contributed by atoms with Gasteiger partial charge in [0.05, 0.1) is 0 Å². The van der Waals surface area contributed by atoms with Crippen molar-refractivity contribution in [3.63, 3.8) is 0 Å². The van der Waals surface area contributed by atoms with Gasteiger partial charge in [-0.25, -0.2) is 0 Å². The molecule has 3 rings (SSSR count). The van der Waals surface area contributed by atoms with Gasteiger partial charge in [-0.3, -0.25) is 9.59 Å². The minimum atomic E-state index is -0.229. The monoisotopic (exact) mass is 359 g/mol. The number of benzene rings is 3. The molecule has 27 heavy (non-hydrogen) atoms. The van der Waals surface area contributed by atoms with Crippen molar-refractivity contribution in [2.75, 3.05) is 11.9 Å². The van der Waals surface area contributed by atoms with Crippen LogP contribution < -0.4 is 10.1 Å². The molecule has 0 aliphatic rings. The van der Waals surface area contributed by atoms with Crippen LogP contribution in [0.3, 0.4) is 0 Å². The van der Waals surface area contributed by atoms with Crippen LogP contribution in [0.1, 0.15) is 28.4 Å². The Labute approximate surface area is 158 Å². The molecule has 0 radical (unpaired) electrons. The third-order valence-corrected chi connectivity index (χ3v) is 4.14. The number of amides is 1. The van der Waals surface area contributed by atoms with Gasteiger partial charge >= 0.3 is 0 Å². The third-order valence-electron chi connectivity index (χ3n) is 4.14. The number of ether oxygens (including phenoxy) is 1. The fraction of sp³-hybridized carbons (Fsp3) is 0.130. The van der Waals surface area contributed by atoms with Gasteiger partial charge < -0.3 is 10.1 Å². The molecule has 0 aliphatic heterocycles. The maximum Gasteiger partial charge on any atom is 0.262 e. The smallest absolute Gasteiger partial charge is 0.262 e. The molecule has 0 aromatic heterocycles. The molecule has 0 saturated heterocycles. The molecular weight excluding hydrogens is 338 g/mol. The van der Waals surface area contributed by atoms with Crippen LogP contribution >= 0.6 is 0 Å². The van der Waals surface area contributed by atoms with Crippen LogP contribution in [0.5, 0.6) is 5.75 Å². The highest BCUT2D eigenvalue weighted by atomic mass is 16.5. The lowest BCUT2D eigenvalue weighted by molar-refractivity contribution is -0.118. The Morgan fingerprint density at radius 1 is 0.852 bits per heavy atom. The molecule has 4 heteroatoms. The van der Waals surface area contributed by atoms with Crippen LogP contribution in [0.25, 0.3) is 0 Å². The van der Waals surface area contributed by atoms with E-state index in [0.717, 1.165) is 17.7 Å². The number of nitrogens with one attached hydrogen (secondary N) is 1. The van der Waals surface area contributed by atoms with E-state index < -0.39 is 0 Å². The summed E-state index contributed by atoms with van der Waals surface area (Å²) in [6.45, 7) is 1.97. The third kappa shape index (κ3) is 5.05. The summed E-state index contributed by atoms with van der Waals surface area (Å²) in [5, 5.41) is 2.82. The number of rotatable bonds is 7. The van der Waals surface area contributed by atoms with E-state index in [9.17, 15) is 9.59 Å². The Balaban J connectivity index is 1.55. The minimum Gasteiger partial charge on any atom is -0.484 e. The second-order valence-corrected chi connectivity index (χ2v) is 6.11. The SMILES string of the molecule is CCc1cccc(NC(=O)COc2ccc(C(=O)c3ccccc3)cc2)c1. The minimum absolute atomic E-state index is 0.0456. The van der Waals surface area contributed by atoms with Crippen LogP contribution in [0.2, 0.25) is 0 Å². The summed E-state index contributed by atoms with van der Waals surface area (Å²) in [7, 11) is 0. The number of carbonyl (C=O) groups excluding carboxylic acids is 2. The number of hydrogen-bond donors (Lipinski definition) is 1. The van der Waals surface area contributed by atoms with Crippen molar-refractivity contribution in [1.82, 2.24) is 0 Å². The van der Waals surface area contributed by atoms with Gasteiger partial charge in [-0.1, -0.05) is 49.4 Å². The van der Waals surface area contributed by atoms with Crippen molar-refractivity contribution in [2.24, 2.45) is 0 Å². The molecule has 136 valence electrons. The Hall–Kier alpha value is -3.40. The predicted molar refractivity (Wildman–Crippen MR) is 106 cm³/mol. The Morgan fingerprint density at radius 2 is 1.56 bits per heavy atom. The topological polar surface area (TPSA) is 55.4 Å². The van der Waals surface area contributed by atoms with Gasteiger partial charge in [0.25, 0.3) is 5.91 Å². The zero-order valence-corrected chi connectivity index (χ0v) is 15.1. The van der Waals surface area contributed by atoms with Crippen LogP contribution in [0.4, 0.5) is 5.69 Å².